The summed E-state index contributed by atoms with van der Waals surface area (Å²) in [5.74, 6) is 0. The Morgan fingerprint density at radius 1 is 0.933 bits per heavy atom. The van der Waals surface area contributed by atoms with Crippen LogP contribution in [0, 0.1) is 0 Å². The molecule has 11 heteroatoms. The quantitative estimate of drug-likeness (QED) is 0.262. The molecule has 0 spiro atoms. The van der Waals surface area contributed by atoms with Crippen LogP contribution in [0.15, 0.2) is 25.3 Å². The van der Waals surface area contributed by atoms with E-state index < -0.39 is 36.1 Å². The van der Waals surface area contributed by atoms with Crippen LogP contribution >= 0.6 is 0 Å². The molecule has 0 fully saturated rings. The van der Waals surface area contributed by atoms with Gasteiger partial charge in [-0.3, -0.25) is 0 Å². The van der Waals surface area contributed by atoms with E-state index in [0.717, 1.165) is 4.90 Å². The Labute approximate surface area is 176 Å². The molecule has 0 rings (SSSR count). The van der Waals surface area contributed by atoms with Crippen molar-refractivity contribution in [1.29, 1.82) is 0 Å². The van der Waals surface area contributed by atoms with Gasteiger partial charge in [-0.05, 0) is 20.8 Å². The number of rotatable bonds is 12. The summed E-state index contributed by atoms with van der Waals surface area (Å²) in [6.07, 6.45) is -1.85. The van der Waals surface area contributed by atoms with Crippen molar-refractivity contribution in [3.05, 3.63) is 25.3 Å². The number of hydrogen-bond donors (Lipinski definition) is 4. The molecule has 0 aliphatic rings. The number of alkyl carbamates (subject to hydrolysis) is 2. The van der Waals surface area contributed by atoms with E-state index in [-0.39, 0.29) is 39.4 Å². The van der Waals surface area contributed by atoms with Gasteiger partial charge in [-0.25, -0.2) is 14.4 Å². The second kappa shape index (κ2) is 14.2. The van der Waals surface area contributed by atoms with E-state index in [1.807, 2.05) is 0 Å². The summed E-state index contributed by atoms with van der Waals surface area (Å²) in [6, 6.07) is 0. The van der Waals surface area contributed by atoms with Gasteiger partial charge in [-0.2, -0.15) is 0 Å². The third-order valence-corrected chi connectivity index (χ3v) is 3.14. The third kappa shape index (κ3) is 14.2. The van der Waals surface area contributed by atoms with E-state index in [2.05, 4.69) is 23.8 Å². The van der Waals surface area contributed by atoms with Gasteiger partial charge < -0.3 is 40.0 Å². The lowest BCUT2D eigenvalue weighted by Gasteiger charge is -2.27. The molecule has 0 heterocycles. The summed E-state index contributed by atoms with van der Waals surface area (Å²) in [5, 5.41) is 25.0. The Balaban J connectivity index is 4.70. The van der Waals surface area contributed by atoms with Crippen LogP contribution in [0.25, 0.3) is 0 Å². The van der Waals surface area contributed by atoms with E-state index in [1.54, 1.807) is 20.8 Å². The van der Waals surface area contributed by atoms with Crippen molar-refractivity contribution >= 4 is 18.3 Å². The first kappa shape index (κ1) is 27.2. The average molecular weight is 431 g/mol. The zero-order valence-electron chi connectivity index (χ0n) is 17.8. The van der Waals surface area contributed by atoms with Crippen LogP contribution < -0.4 is 10.6 Å². The van der Waals surface area contributed by atoms with Crippen LogP contribution in [-0.4, -0.2) is 90.6 Å². The number of carbonyl (C=O) groups excluding carboxylic acids is 3. The highest BCUT2D eigenvalue weighted by atomic mass is 16.6. The predicted molar refractivity (Wildman–Crippen MR) is 109 cm³/mol. The fraction of sp³-hybridized carbons (Fsp3) is 0.632. The van der Waals surface area contributed by atoms with Crippen LogP contribution in [0.5, 0.6) is 0 Å². The number of carbonyl (C=O) groups is 3. The Hall–Kier alpha value is -2.79. The normalized spacial score (nSPS) is 12.7. The third-order valence-electron chi connectivity index (χ3n) is 3.14. The van der Waals surface area contributed by atoms with E-state index in [0.29, 0.717) is 0 Å². The molecule has 0 bridgehead atoms. The minimum absolute atomic E-state index is 0.0127. The average Bonchev–Trinajstić information content (AvgIpc) is 2.65. The molecule has 3 amide bonds. The van der Waals surface area contributed by atoms with Gasteiger partial charge in [0, 0.05) is 13.1 Å². The topological polar surface area (TPSA) is 147 Å². The first-order valence-corrected chi connectivity index (χ1v) is 9.35. The first-order chi connectivity index (χ1) is 14.0. The summed E-state index contributed by atoms with van der Waals surface area (Å²) >= 11 is 0. The van der Waals surface area contributed by atoms with Crippen molar-refractivity contribution in [3.8, 4) is 0 Å². The van der Waals surface area contributed by atoms with Crippen molar-refractivity contribution in [2.75, 3.05) is 39.4 Å². The molecular weight excluding hydrogens is 398 g/mol. The van der Waals surface area contributed by atoms with Crippen LogP contribution in [0.1, 0.15) is 20.8 Å². The molecule has 172 valence electrons. The molecule has 0 radical (unpaired) electrons. The van der Waals surface area contributed by atoms with Crippen molar-refractivity contribution in [2.45, 2.75) is 38.6 Å². The maximum Gasteiger partial charge on any atom is 0.410 e. The van der Waals surface area contributed by atoms with Crippen molar-refractivity contribution < 1.29 is 38.8 Å². The van der Waals surface area contributed by atoms with Crippen molar-refractivity contribution in [1.82, 2.24) is 15.5 Å². The maximum absolute atomic E-state index is 12.2. The van der Waals surface area contributed by atoms with Crippen LogP contribution in [0.3, 0.4) is 0 Å². The van der Waals surface area contributed by atoms with E-state index >= 15 is 0 Å². The molecule has 0 saturated heterocycles. The van der Waals surface area contributed by atoms with Crippen LogP contribution in [-0.2, 0) is 14.2 Å². The maximum atomic E-state index is 12.2. The fourth-order valence-electron chi connectivity index (χ4n) is 1.99. The number of amides is 3. The lowest BCUT2D eigenvalue weighted by atomic mass is 10.2. The molecule has 0 aromatic heterocycles. The van der Waals surface area contributed by atoms with Crippen LogP contribution in [0.4, 0.5) is 14.4 Å². The van der Waals surface area contributed by atoms with Gasteiger partial charge >= 0.3 is 18.3 Å². The summed E-state index contributed by atoms with van der Waals surface area (Å²) in [5.41, 5.74) is -0.695. The SMILES string of the molecule is C=CCOC(=O)NC[C@H](O)CN(C[C@H](O)CNC(=O)OC(C)(C)C)C(=O)OCC=C. The van der Waals surface area contributed by atoms with E-state index in [9.17, 15) is 24.6 Å². The molecule has 0 saturated carbocycles. The minimum atomic E-state index is -1.16. The Morgan fingerprint density at radius 2 is 1.40 bits per heavy atom. The number of nitrogens with one attached hydrogen (secondary N) is 2. The lowest BCUT2D eigenvalue weighted by molar-refractivity contribution is 0.0404. The standard InChI is InChI=1S/C19H33N3O8/c1-6-8-28-16(25)20-10-14(23)12-22(18(27)29-9-7-2)13-15(24)11-21-17(26)30-19(3,4)5/h6-7,14-15,23-24H,1-2,8-13H2,3-5H3,(H,20,25)(H,21,26)/t14-,15+/m0/s1. The molecule has 0 aromatic rings. The zero-order chi connectivity index (χ0) is 23.2. The number of hydrogen-bond acceptors (Lipinski definition) is 8. The Kier molecular flexibility index (Phi) is 12.9. The zero-order valence-corrected chi connectivity index (χ0v) is 17.8. The molecule has 11 nitrogen and oxygen atoms in total. The molecular formula is C19H33N3O8. The smallest absolute Gasteiger partial charge is 0.410 e. The van der Waals surface area contributed by atoms with E-state index in [1.165, 1.54) is 12.2 Å². The summed E-state index contributed by atoms with van der Waals surface area (Å²) in [7, 11) is 0. The van der Waals surface area contributed by atoms with E-state index in [4.69, 9.17) is 14.2 Å². The highest BCUT2D eigenvalue weighted by Crippen LogP contribution is 2.06. The molecule has 2 atom stereocenters. The highest BCUT2D eigenvalue weighted by Gasteiger charge is 2.23. The Bertz CT molecular complexity index is 577. The molecule has 4 N–H and O–H groups in total. The molecule has 0 aliphatic carbocycles. The van der Waals surface area contributed by atoms with Gasteiger partial charge in [-0.15, -0.1) is 0 Å². The summed E-state index contributed by atoms with van der Waals surface area (Å²) in [4.78, 5) is 36.3. The predicted octanol–water partition coefficient (Wildman–Crippen LogP) is 0.770. The van der Waals surface area contributed by atoms with Crippen molar-refractivity contribution in [2.24, 2.45) is 0 Å². The second-order valence-electron chi connectivity index (χ2n) is 7.23. The second-order valence-corrected chi connectivity index (χ2v) is 7.23. The summed E-state index contributed by atoms with van der Waals surface area (Å²) < 4.78 is 14.7. The molecule has 0 unspecified atom stereocenters. The number of aliphatic hydroxyl groups excluding tert-OH is 2. The lowest BCUT2D eigenvalue weighted by Crippen LogP contribution is -2.48. The number of aliphatic hydroxyl groups is 2. The highest BCUT2D eigenvalue weighted by molar-refractivity contribution is 5.69. The van der Waals surface area contributed by atoms with Gasteiger partial charge in [0.1, 0.15) is 18.8 Å². The monoisotopic (exact) mass is 431 g/mol. The van der Waals surface area contributed by atoms with Gasteiger partial charge in [-0.1, -0.05) is 25.3 Å². The molecule has 0 aliphatic heterocycles. The van der Waals surface area contributed by atoms with Gasteiger partial charge in [0.25, 0.3) is 0 Å². The molecule has 0 aromatic carbocycles. The minimum Gasteiger partial charge on any atom is -0.445 e. The first-order valence-electron chi connectivity index (χ1n) is 9.35. The van der Waals surface area contributed by atoms with Crippen molar-refractivity contribution in [3.63, 3.8) is 0 Å². The number of ether oxygens (including phenoxy) is 3. The largest absolute Gasteiger partial charge is 0.445 e. The van der Waals surface area contributed by atoms with Gasteiger partial charge in [0.05, 0.1) is 25.3 Å². The molecule has 30 heavy (non-hydrogen) atoms. The Morgan fingerprint density at radius 3 is 1.87 bits per heavy atom. The van der Waals surface area contributed by atoms with Gasteiger partial charge in [0.15, 0.2) is 0 Å². The van der Waals surface area contributed by atoms with Crippen LogP contribution in [0.2, 0.25) is 0 Å². The summed E-state index contributed by atoms with van der Waals surface area (Å²) in [6.45, 7) is 11.0. The fourth-order valence-corrected chi connectivity index (χ4v) is 1.99. The van der Waals surface area contributed by atoms with Gasteiger partial charge in [0.2, 0.25) is 0 Å². The number of nitrogens with zero attached hydrogens (tertiary/aromatic N) is 1.